The summed E-state index contributed by atoms with van der Waals surface area (Å²) in [5.41, 5.74) is 0. The van der Waals surface area contributed by atoms with Crippen LogP contribution >= 0.6 is 27.3 Å². The van der Waals surface area contributed by atoms with Crippen LogP contribution in [-0.2, 0) is 9.53 Å². The highest BCUT2D eigenvalue weighted by molar-refractivity contribution is 9.10. The van der Waals surface area contributed by atoms with Gasteiger partial charge in [-0.1, -0.05) is 0 Å². The smallest absolute Gasteiger partial charge is 0.309 e. The summed E-state index contributed by atoms with van der Waals surface area (Å²) < 4.78 is 6.08. The van der Waals surface area contributed by atoms with Crippen molar-refractivity contribution in [1.29, 1.82) is 0 Å². The molecule has 2 aliphatic heterocycles. The van der Waals surface area contributed by atoms with E-state index < -0.39 is 0 Å². The first-order chi connectivity index (χ1) is 9.19. The van der Waals surface area contributed by atoms with Crippen molar-refractivity contribution in [3.05, 3.63) is 9.98 Å². The number of hydrogen-bond donors (Lipinski definition) is 0. The molecule has 0 saturated carbocycles. The van der Waals surface area contributed by atoms with Crippen LogP contribution in [0.1, 0.15) is 32.6 Å². The Morgan fingerprint density at radius 3 is 2.74 bits per heavy atom. The van der Waals surface area contributed by atoms with Crippen LogP contribution in [0.2, 0.25) is 0 Å². The van der Waals surface area contributed by atoms with E-state index in [9.17, 15) is 4.79 Å². The molecule has 0 spiro atoms. The molecule has 0 amide bonds. The van der Waals surface area contributed by atoms with E-state index in [1.54, 1.807) is 11.3 Å². The van der Waals surface area contributed by atoms with E-state index in [1.165, 1.54) is 0 Å². The van der Waals surface area contributed by atoms with Gasteiger partial charge in [0.1, 0.15) is 4.60 Å². The fourth-order valence-electron chi connectivity index (χ4n) is 3.31. The molecule has 104 valence electrons. The number of hydrogen-bond acceptors (Lipinski definition) is 5. The zero-order chi connectivity index (χ0) is 13.4. The number of halogens is 1. The lowest BCUT2D eigenvalue weighted by Gasteiger charge is -2.37. The second-order valence-electron chi connectivity index (χ2n) is 5.17. The van der Waals surface area contributed by atoms with Crippen molar-refractivity contribution in [3.63, 3.8) is 0 Å². The van der Waals surface area contributed by atoms with Gasteiger partial charge < -0.3 is 9.64 Å². The van der Waals surface area contributed by atoms with Crippen LogP contribution in [0, 0.1) is 5.92 Å². The van der Waals surface area contributed by atoms with Crippen LogP contribution in [0.15, 0.2) is 9.98 Å². The maximum Gasteiger partial charge on any atom is 0.309 e. The van der Waals surface area contributed by atoms with E-state index in [4.69, 9.17) is 4.74 Å². The average Bonchev–Trinajstić information content (AvgIpc) is 2.90. The molecule has 4 nitrogen and oxygen atoms in total. The number of nitrogens with zero attached hydrogens (tertiary/aromatic N) is 2. The second-order valence-corrected chi connectivity index (χ2v) is 6.81. The SMILES string of the molecule is CCOC(=O)C1C[C@H]2CC[C@@H](C1)N2c1nc(Br)cs1. The highest BCUT2D eigenvalue weighted by atomic mass is 79.9. The van der Waals surface area contributed by atoms with Crippen molar-refractivity contribution in [1.82, 2.24) is 4.98 Å². The van der Waals surface area contributed by atoms with E-state index in [1.807, 2.05) is 12.3 Å². The number of thiazole rings is 1. The number of piperidine rings is 1. The van der Waals surface area contributed by atoms with Gasteiger partial charge in [-0.2, -0.15) is 0 Å². The van der Waals surface area contributed by atoms with Crippen molar-refractivity contribution >= 4 is 38.4 Å². The number of rotatable bonds is 3. The van der Waals surface area contributed by atoms with Gasteiger partial charge in [0.25, 0.3) is 0 Å². The van der Waals surface area contributed by atoms with Crippen LogP contribution in [0.25, 0.3) is 0 Å². The van der Waals surface area contributed by atoms with Crippen LogP contribution < -0.4 is 4.90 Å². The Labute approximate surface area is 125 Å². The van der Waals surface area contributed by atoms with Gasteiger partial charge in [-0.25, -0.2) is 4.98 Å². The van der Waals surface area contributed by atoms with Gasteiger partial charge in [0.2, 0.25) is 0 Å². The van der Waals surface area contributed by atoms with Gasteiger partial charge in [-0.15, -0.1) is 11.3 Å². The summed E-state index contributed by atoms with van der Waals surface area (Å²) in [5.74, 6) is 0.0662. The van der Waals surface area contributed by atoms with Crippen molar-refractivity contribution < 1.29 is 9.53 Å². The summed E-state index contributed by atoms with van der Waals surface area (Å²) in [6, 6.07) is 0.900. The number of ether oxygens (including phenoxy) is 1. The highest BCUT2D eigenvalue weighted by Gasteiger charge is 2.44. The van der Waals surface area contributed by atoms with Crippen LogP contribution in [0.3, 0.4) is 0 Å². The third-order valence-electron chi connectivity index (χ3n) is 4.04. The van der Waals surface area contributed by atoms with Gasteiger partial charge >= 0.3 is 5.97 Å². The molecular weight excluding hydrogens is 328 g/mol. The zero-order valence-corrected chi connectivity index (χ0v) is 13.2. The second kappa shape index (κ2) is 5.40. The van der Waals surface area contributed by atoms with Crippen LogP contribution in [0.5, 0.6) is 0 Å². The molecule has 2 bridgehead atoms. The van der Waals surface area contributed by atoms with Gasteiger partial charge in [-0.3, -0.25) is 4.79 Å². The number of anilines is 1. The van der Waals surface area contributed by atoms with Crippen LogP contribution in [-0.4, -0.2) is 29.6 Å². The minimum atomic E-state index is -0.0145. The molecule has 1 aromatic heterocycles. The predicted octanol–water partition coefficient (Wildman–Crippen LogP) is 3.22. The van der Waals surface area contributed by atoms with Crippen molar-refractivity contribution in [3.8, 4) is 0 Å². The maximum atomic E-state index is 11.9. The lowest BCUT2D eigenvalue weighted by atomic mass is 9.91. The molecule has 1 aromatic rings. The van der Waals surface area contributed by atoms with Gasteiger partial charge in [-0.05, 0) is 48.5 Å². The largest absolute Gasteiger partial charge is 0.466 e. The first-order valence-electron chi connectivity index (χ1n) is 6.75. The lowest BCUT2D eigenvalue weighted by Crippen LogP contribution is -2.45. The van der Waals surface area contributed by atoms with Gasteiger partial charge in [0.05, 0.1) is 12.5 Å². The molecule has 0 aromatic carbocycles. The number of carbonyl (C=O) groups excluding carboxylic acids is 1. The van der Waals surface area contributed by atoms with E-state index in [0.717, 1.165) is 35.4 Å². The lowest BCUT2D eigenvalue weighted by molar-refractivity contribution is -0.149. The molecule has 0 aliphatic carbocycles. The molecule has 6 heteroatoms. The number of esters is 1. The molecule has 0 radical (unpaired) electrons. The monoisotopic (exact) mass is 344 g/mol. The summed E-state index contributed by atoms with van der Waals surface area (Å²) in [4.78, 5) is 18.9. The van der Waals surface area contributed by atoms with Crippen molar-refractivity contribution in [2.45, 2.75) is 44.7 Å². The molecule has 2 saturated heterocycles. The Balaban J connectivity index is 1.74. The van der Waals surface area contributed by atoms with Gasteiger partial charge in [0, 0.05) is 17.5 Å². The van der Waals surface area contributed by atoms with E-state index in [2.05, 4.69) is 25.8 Å². The van der Waals surface area contributed by atoms with Crippen molar-refractivity contribution in [2.24, 2.45) is 5.92 Å². The topological polar surface area (TPSA) is 42.4 Å². The first-order valence-corrected chi connectivity index (χ1v) is 8.42. The standard InChI is InChI=1S/C13H17BrN2O2S/c1-2-18-12(17)8-5-9-3-4-10(6-8)16(9)13-15-11(14)7-19-13/h7-10H,2-6H2,1H3/t8?,9-,10+. The van der Waals surface area contributed by atoms with Gasteiger partial charge in [0.15, 0.2) is 5.13 Å². The van der Waals surface area contributed by atoms with Crippen LogP contribution in [0.4, 0.5) is 5.13 Å². The van der Waals surface area contributed by atoms with E-state index in [-0.39, 0.29) is 11.9 Å². The Morgan fingerprint density at radius 1 is 1.53 bits per heavy atom. The Morgan fingerprint density at radius 2 is 2.21 bits per heavy atom. The number of aromatic nitrogens is 1. The number of carbonyl (C=O) groups is 1. The van der Waals surface area contributed by atoms with Crippen molar-refractivity contribution in [2.75, 3.05) is 11.5 Å². The minimum Gasteiger partial charge on any atom is -0.466 e. The Kier molecular flexibility index (Phi) is 3.80. The Bertz CT molecular complexity index is 465. The van der Waals surface area contributed by atoms with E-state index >= 15 is 0 Å². The zero-order valence-electron chi connectivity index (χ0n) is 10.8. The third-order valence-corrected chi connectivity index (χ3v) is 5.60. The summed E-state index contributed by atoms with van der Waals surface area (Å²) in [5, 5.41) is 3.10. The molecule has 3 atom stereocenters. The molecule has 2 aliphatic rings. The molecule has 3 heterocycles. The van der Waals surface area contributed by atoms with E-state index in [0.29, 0.717) is 18.7 Å². The normalized spacial score (nSPS) is 29.6. The summed E-state index contributed by atoms with van der Waals surface area (Å²) >= 11 is 5.09. The summed E-state index contributed by atoms with van der Waals surface area (Å²) in [6.45, 7) is 2.35. The molecular formula is C13H17BrN2O2S. The molecule has 3 rings (SSSR count). The molecule has 0 N–H and O–H groups in total. The third kappa shape index (κ3) is 2.52. The fraction of sp³-hybridized carbons (Fsp3) is 0.692. The highest BCUT2D eigenvalue weighted by Crippen LogP contribution is 2.43. The minimum absolute atomic E-state index is 0.0145. The molecule has 2 fully saturated rings. The quantitative estimate of drug-likeness (QED) is 0.789. The average molecular weight is 345 g/mol. The first kappa shape index (κ1) is 13.4. The Hall–Kier alpha value is -0.620. The fourth-order valence-corrected chi connectivity index (χ4v) is 4.70. The molecule has 19 heavy (non-hydrogen) atoms. The molecule has 1 unspecified atom stereocenters. The predicted molar refractivity (Wildman–Crippen MR) is 78.5 cm³/mol. The maximum absolute atomic E-state index is 11.9. The summed E-state index contributed by atoms with van der Waals surface area (Å²) in [6.07, 6.45) is 4.15. The summed E-state index contributed by atoms with van der Waals surface area (Å²) in [7, 11) is 0. The number of fused-ring (bicyclic) bond motifs is 2.